The quantitative estimate of drug-likeness (QED) is 0.818. The van der Waals surface area contributed by atoms with Crippen molar-refractivity contribution >= 4 is 11.6 Å². The van der Waals surface area contributed by atoms with Gasteiger partial charge in [-0.3, -0.25) is 0 Å². The van der Waals surface area contributed by atoms with Gasteiger partial charge in [0.1, 0.15) is 5.65 Å². The predicted octanol–water partition coefficient (Wildman–Crippen LogP) is 1.18. The lowest BCUT2D eigenvalue weighted by Crippen LogP contribution is -1.97. The Morgan fingerprint density at radius 2 is 2.33 bits per heavy atom. The number of rotatable bonds is 3. The van der Waals surface area contributed by atoms with E-state index < -0.39 is 5.97 Å². The average Bonchev–Trinajstić information content (AvgIpc) is 2.59. The van der Waals surface area contributed by atoms with Gasteiger partial charge in [0.05, 0.1) is 17.9 Å². The third-order valence-electron chi connectivity index (χ3n) is 2.04. The molecule has 0 saturated heterocycles. The zero-order chi connectivity index (χ0) is 10.8. The van der Waals surface area contributed by atoms with Crippen LogP contribution in [-0.4, -0.2) is 27.6 Å². The Hall–Kier alpha value is -1.88. The van der Waals surface area contributed by atoms with E-state index >= 15 is 0 Å². The first kappa shape index (κ1) is 9.67. The largest absolute Gasteiger partial charge is 0.478 e. The van der Waals surface area contributed by atoms with E-state index in [1.807, 2.05) is 0 Å². The van der Waals surface area contributed by atoms with Gasteiger partial charge < -0.3 is 14.2 Å². The molecule has 2 aromatic heterocycles. The number of carboxylic acid groups (broad SMARTS) is 1. The van der Waals surface area contributed by atoms with E-state index in [4.69, 9.17) is 9.84 Å². The second-order valence-corrected chi connectivity index (χ2v) is 3.15. The van der Waals surface area contributed by atoms with Crippen LogP contribution >= 0.6 is 0 Å². The van der Waals surface area contributed by atoms with Crippen molar-refractivity contribution in [3.63, 3.8) is 0 Å². The van der Waals surface area contributed by atoms with E-state index in [2.05, 4.69) is 4.98 Å². The SMILES string of the molecule is COCc1cn2cc(C(=O)O)ccc2n1. The maximum atomic E-state index is 10.7. The highest BCUT2D eigenvalue weighted by Gasteiger charge is 2.05. The summed E-state index contributed by atoms with van der Waals surface area (Å²) in [7, 11) is 1.59. The first-order chi connectivity index (χ1) is 7.20. The standard InChI is InChI=1S/C10H10N2O3/c1-15-6-8-5-12-4-7(10(13)14)2-3-9(12)11-8/h2-5H,6H2,1H3,(H,13,14). The van der Waals surface area contributed by atoms with Crippen molar-refractivity contribution in [1.29, 1.82) is 0 Å². The van der Waals surface area contributed by atoms with Crippen LogP contribution in [0.25, 0.3) is 5.65 Å². The number of nitrogens with zero attached hydrogens (tertiary/aromatic N) is 2. The summed E-state index contributed by atoms with van der Waals surface area (Å²) in [5.41, 5.74) is 1.73. The molecule has 0 atom stereocenters. The molecule has 1 N–H and O–H groups in total. The molecule has 5 nitrogen and oxygen atoms in total. The molecule has 78 valence electrons. The van der Waals surface area contributed by atoms with Crippen LogP contribution in [0.15, 0.2) is 24.5 Å². The van der Waals surface area contributed by atoms with Crippen LogP contribution in [0.5, 0.6) is 0 Å². The van der Waals surface area contributed by atoms with Gasteiger partial charge in [0, 0.05) is 19.5 Å². The van der Waals surface area contributed by atoms with Crippen LogP contribution in [0.1, 0.15) is 16.1 Å². The molecule has 0 radical (unpaired) electrons. The van der Waals surface area contributed by atoms with Crippen molar-refractivity contribution in [2.24, 2.45) is 0 Å². The Labute approximate surface area is 85.9 Å². The fourth-order valence-electron chi connectivity index (χ4n) is 1.39. The molecule has 0 saturated carbocycles. The summed E-state index contributed by atoms with van der Waals surface area (Å²) in [6.45, 7) is 0.421. The van der Waals surface area contributed by atoms with Crippen LogP contribution < -0.4 is 0 Å². The minimum atomic E-state index is -0.945. The van der Waals surface area contributed by atoms with Gasteiger partial charge >= 0.3 is 5.97 Å². The number of aromatic nitrogens is 2. The van der Waals surface area contributed by atoms with Gasteiger partial charge in [-0.15, -0.1) is 0 Å². The molecule has 2 heterocycles. The normalized spacial score (nSPS) is 10.7. The highest BCUT2D eigenvalue weighted by atomic mass is 16.5. The monoisotopic (exact) mass is 206 g/mol. The lowest BCUT2D eigenvalue weighted by Gasteiger charge is -1.95. The van der Waals surface area contributed by atoms with E-state index in [0.29, 0.717) is 12.3 Å². The zero-order valence-corrected chi connectivity index (χ0v) is 8.17. The van der Waals surface area contributed by atoms with Crippen molar-refractivity contribution in [1.82, 2.24) is 9.38 Å². The molecule has 0 aliphatic rings. The number of hydrogen-bond donors (Lipinski definition) is 1. The molecule has 0 aromatic carbocycles. The number of methoxy groups -OCH3 is 1. The van der Waals surface area contributed by atoms with E-state index in [0.717, 1.165) is 5.69 Å². The van der Waals surface area contributed by atoms with Gasteiger partial charge in [-0.2, -0.15) is 0 Å². The fraction of sp³-hybridized carbons (Fsp3) is 0.200. The second kappa shape index (κ2) is 3.70. The molecule has 2 rings (SSSR count). The summed E-state index contributed by atoms with van der Waals surface area (Å²) in [6, 6.07) is 3.20. The van der Waals surface area contributed by atoms with Crippen molar-refractivity contribution in [3.8, 4) is 0 Å². The molecule has 0 aliphatic carbocycles. The van der Waals surface area contributed by atoms with E-state index in [9.17, 15) is 4.79 Å². The Balaban J connectivity index is 2.47. The number of fused-ring (bicyclic) bond motifs is 1. The topological polar surface area (TPSA) is 63.8 Å². The summed E-state index contributed by atoms with van der Waals surface area (Å²) >= 11 is 0. The van der Waals surface area contributed by atoms with Crippen LogP contribution in [0, 0.1) is 0 Å². The number of carbonyl (C=O) groups is 1. The molecule has 0 unspecified atom stereocenters. The van der Waals surface area contributed by atoms with Crippen LogP contribution in [0.4, 0.5) is 0 Å². The lowest BCUT2D eigenvalue weighted by molar-refractivity contribution is 0.0696. The maximum Gasteiger partial charge on any atom is 0.337 e. The number of ether oxygens (including phenoxy) is 1. The first-order valence-electron chi connectivity index (χ1n) is 4.40. The number of pyridine rings is 1. The molecular formula is C10H10N2O3. The minimum absolute atomic E-state index is 0.240. The second-order valence-electron chi connectivity index (χ2n) is 3.15. The van der Waals surface area contributed by atoms with Crippen LogP contribution in [0.3, 0.4) is 0 Å². The average molecular weight is 206 g/mol. The Kier molecular flexibility index (Phi) is 2.39. The van der Waals surface area contributed by atoms with E-state index in [-0.39, 0.29) is 5.56 Å². The molecule has 0 amide bonds. The third kappa shape index (κ3) is 1.82. The van der Waals surface area contributed by atoms with Gasteiger partial charge in [-0.1, -0.05) is 0 Å². The molecule has 0 spiro atoms. The molecule has 2 aromatic rings. The minimum Gasteiger partial charge on any atom is -0.478 e. The summed E-state index contributed by atoms with van der Waals surface area (Å²) in [6.07, 6.45) is 3.29. The first-order valence-corrected chi connectivity index (χ1v) is 4.40. The molecule has 5 heteroatoms. The van der Waals surface area contributed by atoms with Crippen molar-refractivity contribution < 1.29 is 14.6 Å². The highest BCUT2D eigenvalue weighted by Crippen LogP contribution is 2.08. The van der Waals surface area contributed by atoms with E-state index in [1.165, 1.54) is 12.3 Å². The van der Waals surface area contributed by atoms with Crippen molar-refractivity contribution in [3.05, 3.63) is 35.8 Å². The van der Waals surface area contributed by atoms with E-state index in [1.54, 1.807) is 23.8 Å². The summed E-state index contributed by atoms with van der Waals surface area (Å²) in [4.78, 5) is 15.0. The zero-order valence-electron chi connectivity index (χ0n) is 8.17. The fourth-order valence-corrected chi connectivity index (χ4v) is 1.39. The molecule has 0 bridgehead atoms. The van der Waals surface area contributed by atoms with Gasteiger partial charge in [0.25, 0.3) is 0 Å². The van der Waals surface area contributed by atoms with Gasteiger partial charge in [-0.25, -0.2) is 9.78 Å². The predicted molar refractivity (Wildman–Crippen MR) is 52.9 cm³/mol. The Bertz CT molecular complexity index is 504. The molecule has 0 aliphatic heterocycles. The molecule has 15 heavy (non-hydrogen) atoms. The molecular weight excluding hydrogens is 196 g/mol. The number of aromatic carboxylic acids is 1. The lowest BCUT2D eigenvalue weighted by atomic mass is 10.3. The highest BCUT2D eigenvalue weighted by molar-refractivity contribution is 5.87. The maximum absolute atomic E-state index is 10.7. The Morgan fingerprint density at radius 3 is 3.00 bits per heavy atom. The smallest absolute Gasteiger partial charge is 0.337 e. The third-order valence-corrected chi connectivity index (χ3v) is 2.04. The number of hydrogen-bond acceptors (Lipinski definition) is 3. The van der Waals surface area contributed by atoms with Gasteiger partial charge in [0.2, 0.25) is 0 Å². The van der Waals surface area contributed by atoms with Crippen molar-refractivity contribution in [2.75, 3.05) is 7.11 Å². The summed E-state index contributed by atoms with van der Waals surface area (Å²) in [5, 5.41) is 8.80. The summed E-state index contributed by atoms with van der Waals surface area (Å²) < 4.78 is 6.62. The molecule has 0 fully saturated rings. The van der Waals surface area contributed by atoms with Gasteiger partial charge in [-0.05, 0) is 12.1 Å². The number of imidazole rings is 1. The van der Waals surface area contributed by atoms with Crippen LogP contribution in [-0.2, 0) is 11.3 Å². The van der Waals surface area contributed by atoms with Gasteiger partial charge in [0.15, 0.2) is 0 Å². The van der Waals surface area contributed by atoms with Crippen LogP contribution in [0.2, 0.25) is 0 Å². The Morgan fingerprint density at radius 1 is 1.53 bits per heavy atom. The van der Waals surface area contributed by atoms with Crippen molar-refractivity contribution in [2.45, 2.75) is 6.61 Å². The summed E-state index contributed by atoms with van der Waals surface area (Å²) in [5.74, 6) is -0.945. The number of carboxylic acids is 1.